The van der Waals surface area contributed by atoms with Crippen LogP contribution < -0.4 is 5.73 Å². The van der Waals surface area contributed by atoms with Crippen molar-refractivity contribution in [3.8, 4) is 0 Å². The van der Waals surface area contributed by atoms with Crippen molar-refractivity contribution >= 4 is 36.3 Å². The number of thioether (sulfide) groups is 1. The fourth-order valence-corrected chi connectivity index (χ4v) is 5.57. The smallest absolute Gasteiger partial charge is 0.345 e. The normalized spacial score (nSPS) is 33.8. The lowest BCUT2D eigenvalue weighted by molar-refractivity contribution is -0.166. The van der Waals surface area contributed by atoms with E-state index in [1.807, 2.05) is 6.26 Å². The highest BCUT2D eigenvalue weighted by molar-refractivity contribution is 7.98. The van der Waals surface area contributed by atoms with Crippen LogP contribution in [0.15, 0.2) is 0 Å². The molecule has 2 atom stereocenters. The molecule has 150 valence electrons. The fourth-order valence-electron chi connectivity index (χ4n) is 4.97. The molecule has 26 heavy (non-hydrogen) atoms. The van der Waals surface area contributed by atoms with Gasteiger partial charge in [0.2, 0.25) is 0 Å². The second kappa shape index (κ2) is 9.69. The molecule has 4 aliphatic rings. The molecule has 0 heterocycles. The van der Waals surface area contributed by atoms with Crippen molar-refractivity contribution < 1.29 is 19.4 Å². The minimum Gasteiger partial charge on any atom is -0.479 e. The van der Waals surface area contributed by atoms with Crippen LogP contribution in [0.4, 0.5) is 0 Å². The zero-order chi connectivity index (χ0) is 19.3. The first kappa shape index (κ1) is 21.9. The van der Waals surface area contributed by atoms with E-state index in [1.54, 1.807) is 6.92 Å². The fraction of sp³-hybridized carbons (Fsp3) is 0.895. The van der Waals surface area contributed by atoms with E-state index in [0.29, 0.717) is 23.5 Å². The summed E-state index contributed by atoms with van der Waals surface area (Å²) in [5, 5.41) is 8.80. The number of esters is 1. The molecule has 4 fully saturated rings. The molecule has 0 saturated heterocycles. The van der Waals surface area contributed by atoms with Gasteiger partial charge in [-0.15, -0.1) is 0 Å². The van der Waals surface area contributed by atoms with E-state index in [4.69, 9.17) is 15.6 Å². The molecule has 0 aromatic heterocycles. The van der Waals surface area contributed by atoms with Crippen LogP contribution in [0.2, 0.25) is 0 Å². The van der Waals surface area contributed by atoms with Crippen LogP contribution in [0.3, 0.4) is 0 Å². The first-order chi connectivity index (χ1) is 12.3. The van der Waals surface area contributed by atoms with Gasteiger partial charge < -0.3 is 15.6 Å². The van der Waals surface area contributed by atoms with Crippen molar-refractivity contribution in [2.75, 3.05) is 17.8 Å². The Labute approximate surface area is 166 Å². The van der Waals surface area contributed by atoms with Gasteiger partial charge in [-0.1, -0.05) is 6.92 Å². The highest BCUT2D eigenvalue weighted by Gasteiger charge is 2.48. The van der Waals surface area contributed by atoms with Gasteiger partial charge in [0.05, 0.1) is 5.92 Å². The van der Waals surface area contributed by atoms with Gasteiger partial charge in [-0.3, -0.25) is 4.79 Å². The molecule has 0 aromatic rings. The highest BCUT2D eigenvalue weighted by Crippen LogP contribution is 2.54. The molecule has 4 rings (SSSR count). The van der Waals surface area contributed by atoms with E-state index in [0.717, 1.165) is 17.8 Å². The summed E-state index contributed by atoms with van der Waals surface area (Å²) in [4.78, 5) is 22.1. The molecule has 7 heteroatoms. The predicted octanol–water partition coefficient (Wildman–Crippen LogP) is 3.22. The van der Waals surface area contributed by atoms with Crippen molar-refractivity contribution in [2.24, 2.45) is 29.4 Å². The zero-order valence-electron chi connectivity index (χ0n) is 15.9. The Bertz CT molecular complexity index is 465. The van der Waals surface area contributed by atoms with Gasteiger partial charge in [-0.25, -0.2) is 4.79 Å². The van der Waals surface area contributed by atoms with Gasteiger partial charge >= 0.3 is 11.9 Å². The van der Waals surface area contributed by atoms with Crippen LogP contribution in [-0.2, 0) is 14.3 Å². The number of nitrogens with two attached hydrogens (primary N) is 1. The van der Waals surface area contributed by atoms with Crippen LogP contribution in [-0.4, -0.2) is 46.4 Å². The van der Waals surface area contributed by atoms with Crippen LogP contribution in [0.25, 0.3) is 0 Å². The molecular weight excluding hydrogens is 370 g/mol. The number of carbonyl (C=O) groups is 2. The van der Waals surface area contributed by atoms with E-state index in [2.05, 4.69) is 12.6 Å². The number of hydrogen-bond acceptors (Lipinski definition) is 6. The van der Waals surface area contributed by atoms with Gasteiger partial charge in [0.1, 0.15) is 0 Å². The molecular formula is C19H33NO4S2. The van der Waals surface area contributed by atoms with Crippen LogP contribution >= 0.6 is 24.4 Å². The van der Waals surface area contributed by atoms with Crippen LogP contribution in [0.1, 0.15) is 51.9 Å². The number of carbonyl (C=O) groups excluding carboxylic acids is 1. The topological polar surface area (TPSA) is 89.6 Å². The summed E-state index contributed by atoms with van der Waals surface area (Å²) in [6.45, 7) is 1.66. The first-order valence-electron chi connectivity index (χ1n) is 9.58. The maximum Gasteiger partial charge on any atom is 0.345 e. The van der Waals surface area contributed by atoms with Crippen molar-refractivity contribution in [1.82, 2.24) is 0 Å². The highest BCUT2D eigenvalue weighted by atomic mass is 32.2. The van der Waals surface area contributed by atoms with E-state index >= 15 is 0 Å². The third-order valence-electron chi connectivity index (χ3n) is 5.88. The summed E-state index contributed by atoms with van der Waals surface area (Å²) in [5.41, 5.74) is 6.62. The lowest BCUT2D eigenvalue weighted by atomic mass is 9.53. The standard InChI is InChI=1S/C10H17N.C9H16O4S2/c11-10-4-7-1-8(5-10)3-9(2-7)6-10;1-6(5-14)9(12)13-7(8(10)11)3-4-15-2/h7-9H,1-6,11H2;6-7,14H,3-5H2,1-2H3,(H,10,11)/t;6-,7+/m.1/s1. The minimum absolute atomic E-state index is 0.300. The number of hydrogen-bond donors (Lipinski definition) is 3. The largest absolute Gasteiger partial charge is 0.479 e. The quantitative estimate of drug-likeness (QED) is 0.447. The molecule has 0 unspecified atom stereocenters. The summed E-state index contributed by atoms with van der Waals surface area (Å²) in [5.74, 6) is 2.10. The summed E-state index contributed by atoms with van der Waals surface area (Å²) in [6, 6.07) is 0. The average Bonchev–Trinajstić information content (AvgIpc) is 2.55. The number of carboxylic acid groups (broad SMARTS) is 1. The molecule has 0 aliphatic heterocycles. The van der Waals surface area contributed by atoms with E-state index in [-0.39, 0.29) is 5.92 Å². The third kappa shape index (κ3) is 6.06. The lowest BCUT2D eigenvalue weighted by Gasteiger charge is -2.55. The van der Waals surface area contributed by atoms with Crippen molar-refractivity contribution in [3.63, 3.8) is 0 Å². The second-order valence-electron chi connectivity index (χ2n) is 8.41. The van der Waals surface area contributed by atoms with Crippen LogP contribution in [0, 0.1) is 23.7 Å². The summed E-state index contributed by atoms with van der Waals surface area (Å²) in [6.07, 6.45) is 9.74. The predicted molar refractivity (Wildman–Crippen MR) is 109 cm³/mol. The second-order valence-corrected chi connectivity index (χ2v) is 9.76. The third-order valence-corrected chi connectivity index (χ3v) is 7.07. The summed E-state index contributed by atoms with van der Waals surface area (Å²) in [7, 11) is 0. The first-order valence-corrected chi connectivity index (χ1v) is 11.6. The number of ether oxygens (including phenoxy) is 1. The van der Waals surface area contributed by atoms with Crippen molar-refractivity contribution in [3.05, 3.63) is 0 Å². The molecule has 3 N–H and O–H groups in total. The van der Waals surface area contributed by atoms with E-state index in [9.17, 15) is 9.59 Å². The van der Waals surface area contributed by atoms with E-state index < -0.39 is 18.0 Å². The van der Waals surface area contributed by atoms with Crippen molar-refractivity contribution in [2.45, 2.75) is 63.5 Å². The summed E-state index contributed by atoms with van der Waals surface area (Å²) < 4.78 is 4.87. The Balaban J connectivity index is 0.000000193. The Morgan fingerprint density at radius 2 is 1.73 bits per heavy atom. The average molecular weight is 404 g/mol. The minimum atomic E-state index is -1.09. The van der Waals surface area contributed by atoms with Crippen LogP contribution in [0.5, 0.6) is 0 Å². The molecule has 0 radical (unpaired) electrons. The van der Waals surface area contributed by atoms with Crippen molar-refractivity contribution in [1.29, 1.82) is 0 Å². The number of rotatable bonds is 7. The number of aliphatic carboxylic acids is 1. The molecule has 0 spiro atoms. The van der Waals surface area contributed by atoms with Gasteiger partial charge in [-0.05, 0) is 68.3 Å². The molecule has 0 aromatic carbocycles. The Morgan fingerprint density at radius 3 is 2.08 bits per heavy atom. The molecule has 5 nitrogen and oxygen atoms in total. The number of thiol groups is 1. The monoisotopic (exact) mass is 403 g/mol. The van der Waals surface area contributed by atoms with Gasteiger partial charge in [0, 0.05) is 17.7 Å². The molecule has 4 aliphatic carbocycles. The molecule has 4 bridgehead atoms. The summed E-state index contributed by atoms with van der Waals surface area (Å²) >= 11 is 5.47. The van der Waals surface area contributed by atoms with E-state index in [1.165, 1.54) is 50.3 Å². The number of carboxylic acids is 1. The van der Waals surface area contributed by atoms with Gasteiger partial charge in [-0.2, -0.15) is 24.4 Å². The van der Waals surface area contributed by atoms with Gasteiger partial charge in [0.25, 0.3) is 0 Å². The maximum atomic E-state index is 11.3. The zero-order valence-corrected chi connectivity index (χ0v) is 17.6. The Morgan fingerprint density at radius 1 is 1.23 bits per heavy atom. The molecule has 0 amide bonds. The Hall–Kier alpha value is -0.400. The lowest BCUT2D eigenvalue weighted by Crippen LogP contribution is -2.55. The maximum absolute atomic E-state index is 11.3. The SMILES string of the molecule is CSCC[C@H](OC(=O)[C@H](C)CS)C(=O)O.NC12CC3CC(CC(C3)C1)C2. The molecule has 4 saturated carbocycles. The van der Waals surface area contributed by atoms with Gasteiger partial charge in [0.15, 0.2) is 6.10 Å². The Kier molecular flexibility index (Phi) is 8.16.